The van der Waals surface area contributed by atoms with Crippen molar-refractivity contribution in [1.29, 1.82) is 0 Å². The Hall–Kier alpha value is -2.28. The molecule has 4 heteroatoms. The minimum atomic E-state index is -1.52. The summed E-state index contributed by atoms with van der Waals surface area (Å²) in [7, 11) is 1.41. The fourth-order valence-electron chi connectivity index (χ4n) is 1.37. The first kappa shape index (κ1) is 13.8. The van der Waals surface area contributed by atoms with Crippen molar-refractivity contribution >= 4 is 11.9 Å². The summed E-state index contributed by atoms with van der Waals surface area (Å²) in [4.78, 5) is 22.7. The van der Waals surface area contributed by atoms with Gasteiger partial charge in [0.25, 0.3) is 0 Å². The average Bonchev–Trinajstić information content (AvgIpc) is 2.38. The first-order valence-corrected chi connectivity index (χ1v) is 5.50. The molecule has 94 valence electrons. The average molecular weight is 245 g/mol. The highest BCUT2D eigenvalue weighted by atomic mass is 16.4. The van der Waals surface area contributed by atoms with Crippen LogP contribution < -0.4 is 5.32 Å². The maximum atomic E-state index is 11.6. The topological polar surface area (TPSA) is 66.4 Å². The zero-order valence-electron chi connectivity index (χ0n) is 10.4. The first-order chi connectivity index (χ1) is 8.50. The fraction of sp³-hybridized carbons (Fsp3) is 0.286. The second-order valence-electron chi connectivity index (χ2n) is 4.06. The molecule has 1 rings (SSSR count). The van der Waals surface area contributed by atoms with Crippen LogP contribution in [0.15, 0.2) is 30.3 Å². The fourth-order valence-corrected chi connectivity index (χ4v) is 1.37. The van der Waals surface area contributed by atoms with Gasteiger partial charge in [-0.2, -0.15) is 0 Å². The molecule has 0 aliphatic rings. The van der Waals surface area contributed by atoms with Crippen molar-refractivity contribution in [2.24, 2.45) is 5.41 Å². The number of carbonyl (C=O) groups excluding carboxylic acids is 1. The van der Waals surface area contributed by atoms with Crippen molar-refractivity contribution in [3.05, 3.63) is 35.9 Å². The van der Waals surface area contributed by atoms with E-state index in [4.69, 9.17) is 5.11 Å². The van der Waals surface area contributed by atoms with Crippen LogP contribution in [-0.2, 0) is 9.59 Å². The molecule has 2 N–H and O–H groups in total. The van der Waals surface area contributed by atoms with Gasteiger partial charge in [0.1, 0.15) is 0 Å². The van der Waals surface area contributed by atoms with E-state index >= 15 is 0 Å². The predicted molar refractivity (Wildman–Crippen MR) is 67.7 cm³/mol. The molecule has 0 spiro atoms. The van der Waals surface area contributed by atoms with Gasteiger partial charge in [0.15, 0.2) is 5.41 Å². The first-order valence-electron chi connectivity index (χ1n) is 5.50. The molecular formula is C14H15NO3. The number of nitrogens with one attached hydrogen (secondary N) is 1. The lowest BCUT2D eigenvalue weighted by Crippen LogP contribution is -2.42. The molecule has 0 aromatic heterocycles. The molecule has 0 bridgehead atoms. The molecule has 1 unspecified atom stereocenters. The summed E-state index contributed by atoms with van der Waals surface area (Å²) < 4.78 is 0. The lowest BCUT2D eigenvalue weighted by atomic mass is 9.86. The number of carboxylic acid groups (broad SMARTS) is 1. The monoisotopic (exact) mass is 245 g/mol. The molecule has 0 aliphatic carbocycles. The molecule has 1 atom stereocenters. The number of carboxylic acids is 1. The normalized spacial score (nSPS) is 12.8. The van der Waals surface area contributed by atoms with Gasteiger partial charge in [-0.05, 0) is 19.1 Å². The number of hydrogen-bond acceptors (Lipinski definition) is 2. The van der Waals surface area contributed by atoms with Crippen LogP contribution in [0.2, 0.25) is 0 Å². The van der Waals surface area contributed by atoms with E-state index in [0.29, 0.717) is 0 Å². The lowest BCUT2D eigenvalue weighted by Gasteiger charge is -2.19. The highest BCUT2D eigenvalue weighted by Gasteiger charge is 2.39. The summed E-state index contributed by atoms with van der Waals surface area (Å²) >= 11 is 0. The maximum absolute atomic E-state index is 11.6. The Morgan fingerprint density at radius 1 is 1.33 bits per heavy atom. The number of amides is 1. The van der Waals surface area contributed by atoms with Gasteiger partial charge >= 0.3 is 5.97 Å². The van der Waals surface area contributed by atoms with Crippen LogP contribution in [0.25, 0.3) is 0 Å². The summed E-state index contributed by atoms with van der Waals surface area (Å²) in [6.45, 7) is 1.37. The Bertz CT molecular complexity index is 499. The molecule has 1 aromatic rings. The van der Waals surface area contributed by atoms with E-state index in [0.717, 1.165) is 5.56 Å². The second kappa shape index (κ2) is 5.87. The SMILES string of the molecule is CNC(=O)C(C)(CC#Cc1ccccc1)C(=O)O. The number of hydrogen-bond donors (Lipinski definition) is 2. The summed E-state index contributed by atoms with van der Waals surface area (Å²) in [5.41, 5.74) is -0.724. The minimum Gasteiger partial charge on any atom is -0.480 e. The Kier molecular flexibility index (Phi) is 4.50. The second-order valence-corrected chi connectivity index (χ2v) is 4.06. The third kappa shape index (κ3) is 3.11. The highest BCUT2D eigenvalue weighted by molar-refractivity contribution is 6.01. The minimum absolute atomic E-state index is 0.0309. The molecule has 0 heterocycles. The third-order valence-corrected chi connectivity index (χ3v) is 2.65. The van der Waals surface area contributed by atoms with Gasteiger partial charge in [0.2, 0.25) is 5.91 Å². The largest absolute Gasteiger partial charge is 0.480 e. The number of rotatable bonds is 3. The molecule has 4 nitrogen and oxygen atoms in total. The summed E-state index contributed by atoms with van der Waals surface area (Å²) in [6, 6.07) is 9.21. The van der Waals surface area contributed by atoms with Crippen LogP contribution >= 0.6 is 0 Å². The number of aliphatic carboxylic acids is 1. The van der Waals surface area contributed by atoms with E-state index < -0.39 is 17.3 Å². The van der Waals surface area contributed by atoms with Gasteiger partial charge < -0.3 is 10.4 Å². The van der Waals surface area contributed by atoms with E-state index in [-0.39, 0.29) is 6.42 Å². The van der Waals surface area contributed by atoms with Crippen LogP contribution in [0.1, 0.15) is 18.9 Å². The van der Waals surface area contributed by atoms with E-state index in [2.05, 4.69) is 17.2 Å². The predicted octanol–water partition coefficient (Wildman–Crippen LogP) is 1.27. The van der Waals surface area contributed by atoms with Gasteiger partial charge in [-0.25, -0.2) is 0 Å². The van der Waals surface area contributed by atoms with Crippen molar-refractivity contribution in [3.8, 4) is 11.8 Å². The van der Waals surface area contributed by atoms with Gasteiger partial charge in [-0.15, -0.1) is 0 Å². The maximum Gasteiger partial charge on any atom is 0.319 e. The third-order valence-electron chi connectivity index (χ3n) is 2.65. The Morgan fingerprint density at radius 2 is 1.94 bits per heavy atom. The van der Waals surface area contributed by atoms with Crippen LogP contribution in [0.5, 0.6) is 0 Å². The molecule has 0 saturated carbocycles. The molecule has 18 heavy (non-hydrogen) atoms. The van der Waals surface area contributed by atoms with Crippen LogP contribution in [0.4, 0.5) is 0 Å². The van der Waals surface area contributed by atoms with Crippen molar-refractivity contribution in [1.82, 2.24) is 5.32 Å². The summed E-state index contributed by atoms with van der Waals surface area (Å²) in [5.74, 6) is 3.87. The Balaban J connectivity index is 2.85. The highest BCUT2D eigenvalue weighted by Crippen LogP contribution is 2.21. The quantitative estimate of drug-likeness (QED) is 0.622. The Labute approximate surface area is 106 Å². The molecule has 0 radical (unpaired) electrons. The van der Waals surface area contributed by atoms with Crippen LogP contribution in [0.3, 0.4) is 0 Å². The summed E-state index contributed by atoms with van der Waals surface area (Å²) in [6.07, 6.45) is -0.0309. The van der Waals surface area contributed by atoms with E-state index in [1.54, 1.807) is 0 Å². The van der Waals surface area contributed by atoms with Crippen molar-refractivity contribution in [2.45, 2.75) is 13.3 Å². The van der Waals surface area contributed by atoms with Crippen molar-refractivity contribution in [3.63, 3.8) is 0 Å². The van der Waals surface area contributed by atoms with E-state index in [1.165, 1.54) is 14.0 Å². The van der Waals surface area contributed by atoms with Crippen molar-refractivity contribution < 1.29 is 14.7 Å². The molecule has 1 aromatic carbocycles. The molecule has 0 saturated heterocycles. The summed E-state index contributed by atoms with van der Waals surface area (Å²) in [5, 5.41) is 11.5. The molecule has 1 amide bonds. The smallest absolute Gasteiger partial charge is 0.319 e. The number of carbonyl (C=O) groups is 2. The standard InChI is InChI=1S/C14H15NO3/c1-14(13(17)18,12(16)15-2)10-6-9-11-7-4-3-5-8-11/h3-5,7-8H,10H2,1-2H3,(H,15,16)(H,17,18). The van der Waals surface area contributed by atoms with Gasteiger partial charge in [0, 0.05) is 19.0 Å². The molecule has 0 aliphatic heterocycles. The van der Waals surface area contributed by atoms with Gasteiger partial charge in [-0.1, -0.05) is 30.0 Å². The Morgan fingerprint density at radius 3 is 2.44 bits per heavy atom. The number of benzene rings is 1. The van der Waals surface area contributed by atoms with E-state index in [9.17, 15) is 9.59 Å². The van der Waals surface area contributed by atoms with Crippen LogP contribution in [0, 0.1) is 17.3 Å². The lowest BCUT2D eigenvalue weighted by molar-refractivity contribution is -0.154. The van der Waals surface area contributed by atoms with Crippen LogP contribution in [-0.4, -0.2) is 24.0 Å². The zero-order valence-corrected chi connectivity index (χ0v) is 10.4. The molecule has 0 fully saturated rings. The van der Waals surface area contributed by atoms with Gasteiger partial charge in [-0.3, -0.25) is 9.59 Å². The van der Waals surface area contributed by atoms with Gasteiger partial charge in [0.05, 0.1) is 0 Å². The zero-order chi connectivity index (χ0) is 13.6. The van der Waals surface area contributed by atoms with E-state index in [1.807, 2.05) is 30.3 Å². The van der Waals surface area contributed by atoms with Crippen molar-refractivity contribution in [2.75, 3.05) is 7.05 Å². The molecular weight excluding hydrogens is 230 g/mol.